The average Bonchev–Trinajstić information content (AvgIpc) is 2.58. The number of aliphatic carboxylic acids is 1. The summed E-state index contributed by atoms with van der Waals surface area (Å²) in [6.07, 6.45) is 3.46. The lowest BCUT2D eigenvalue weighted by Gasteiger charge is -2.26. The van der Waals surface area contributed by atoms with Crippen molar-refractivity contribution in [2.75, 3.05) is 26.8 Å². The van der Waals surface area contributed by atoms with Crippen LogP contribution in [0.4, 0.5) is 0 Å². The third kappa shape index (κ3) is 4.18. The summed E-state index contributed by atoms with van der Waals surface area (Å²) < 4.78 is 5.01. The Morgan fingerprint density at radius 1 is 1.53 bits per heavy atom. The van der Waals surface area contributed by atoms with Crippen molar-refractivity contribution in [3.05, 3.63) is 0 Å². The van der Waals surface area contributed by atoms with Gasteiger partial charge in [-0.1, -0.05) is 6.92 Å². The molecule has 0 aromatic heterocycles. The summed E-state index contributed by atoms with van der Waals surface area (Å²) in [6, 6.07) is 0.436. The van der Waals surface area contributed by atoms with Gasteiger partial charge < -0.3 is 9.84 Å². The summed E-state index contributed by atoms with van der Waals surface area (Å²) in [4.78, 5) is 12.8. The SMILES string of the molecule is COCCN(CC(=O)O)C1CCC(C)C1. The Labute approximate surface area is 91.2 Å². The molecule has 0 amide bonds. The van der Waals surface area contributed by atoms with E-state index in [1.54, 1.807) is 7.11 Å². The van der Waals surface area contributed by atoms with Crippen LogP contribution in [0.2, 0.25) is 0 Å². The lowest BCUT2D eigenvalue weighted by atomic mass is 10.1. The fourth-order valence-corrected chi connectivity index (χ4v) is 2.28. The van der Waals surface area contributed by atoms with Crippen LogP contribution in [0.5, 0.6) is 0 Å². The van der Waals surface area contributed by atoms with Crippen molar-refractivity contribution in [3.63, 3.8) is 0 Å². The third-order valence-corrected chi connectivity index (χ3v) is 3.10. The summed E-state index contributed by atoms with van der Waals surface area (Å²) in [5, 5.41) is 8.83. The molecule has 1 N–H and O–H groups in total. The van der Waals surface area contributed by atoms with E-state index in [4.69, 9.17) is 9.84 Å². The third-order valence-electron chi connectivity index (χ3n) is 3.10. The quantitative estimate of drug-likeness (QED) is 0.723. The second-order valence-corrected chi connectivity index (χ2v) is 4.43. The Morgan fingerprint density at radius 2 is 2.27 bits per heavy atom. The van der Waals surface area contributed by atoms with Crippen molar-refractivity contribution < 1.29 is 14.6 Å². The van der Waals surface area contributed by atoms with E-state index in [2.05, 4.69) is 6.92 Å². The molecule has 1 aliphatic carbocycles. The molecule has 1 aliphatic rings. The topological polar surface area (TPSA) is 49.8 Å². The van der Waals surface area contributed by atoms with Crippen LogP contribution < -0.4 is 0 Å². The standard InChI is InChI=1S/C11H21NO3/c1-9-3-4-10(7-9)12(5-6-15-2)8-11(13)14/h9-10H,3-8H2,1-2H3,(H,13,14). The largest absolute Gasteiger partial charge is 0.480 e. The molecule has 15 heavy (non-hydrogen) atoms. The van der Waals surface area contributed by atoms with E-state index in [0.29, 0.717) is 12.6 Å². The van der Waals surface area contributed by atoms with Gasteiger partial charge in [-0.3, -0.25) is 9.69 Å². The lowest BCUT2D eigenvalue weighted by molar-refractivity contribution is -0.139. The second kappa shape index (κ2) is 6.08. The molecule has 0 radical (unpaired) electrons. The molecule has 2 unspecified atom stereocenters. The van der Waals surface area contributed by atoms with Crippen molar-refractivity contribution in [1.82, 2.24) is 4.90 Å². The van der Waals surface area contributed by atoms with E-state index in [9.17, 15) is 4.79 Å². The van der Waals surface area contributed by atoms with Crippen molar-refractivity contribution in [2.45, 2.75) is 32.2 Å². The predicted octanol–water partition coefficient (Wildman–Crippen LogP) is 1.21. The highest BCUT2D eigenvalue weighted by Crippen LogP contribution is 2.28. The molecular weight excluding hydrogens is 194 g/mol. The molecule has 1 saturated carbocycles. The van der Waals surface area contributed by atoms with Gasteiger partial charge in [0, 0.05) is 19.7 Å². The summed E-state index contributed by atoms with van der Waals surface area (Å²) in [5.41, 5.74) is 0. The molecule has 4 nitrogen and oxygen atoms in total. The molecule has 1 fully saturated rings. The molecule has 0 heterocycles. The zero-order valence-corrected chi connectivity index (χ0v) is 9.61. The maximum absolute atomic E-state index is 10.7. The van der Waals surface area contributed by atoms with Crippen LogP contribution in [-0.2, 0) is 9.53 Å². The fraction of sp³-hybridized carbons (Fsp3) is 0.909. The normalized spacial score (nSPS) is 26.1. The maximum atomic E-state index is 10.7. The van der Waals surface area contributed by atoms with Gasteiger partial charge in [0.2, 0.25) is 0 Å². The van der Waals surface area contributed by atoms with Crippen LogP contribution in [0, 0.1) is 5.92 Å². The van der Waals surface area contributed by atoms with Crippen LogP contribution in [0.25, 0.3) is 0 Å². The summed E-state index contributed by atoms with van der Waals surface area (Å²) in [7, 11) is 1.65. The Morgan fingerprint density at radius 3 is 2.73 bits per heavy atom. The van der Waals surface area contributed by atoms with Gasteiger partial charge >= 0.3 is 5.97 Å². The molecule has 0 aromatic rings. The molecule has 4 heteroatoms. The van der Waals surface area contributed by atoms with E-state index in [1.807, 2.05) is 4.90 Å². The maximum Gasteiger partial charge on any atom is 0.317 e. The predicted molar refractivity (Wildman–Crippen MR) is 57.9 cm³/mol. The highest BCUT2D eigenvalue weighted by Gasteiger charge is 2.27. The fourth-order valence-electron chi connectivity index (χ4n) is 2.28. The van der Waals surface area contributed by atoms with Gasteiger partial charge in [0.25, 0.3) is 0 Å². The first-order valence-electron chi connectivity index (χ1n) is 5.58. The van der Waals surface area contributed by atoms with Crippen LogP contribution in [0.1, 0.15) is 26.2 Å². The van der Waals surface area contributed by atoms with Crippen molar-refractivity contribution in [3.8, 4) is 0 Å². The van der Waals surface area contributed by atoms with Crippen LogP contribution in [0.3, 0.4) is 0 Å². The molecule has 0 spiro atoms. The zero-order valence-electron chi connectivity index (χ0n) is 9.61. The number of methoxy groups -OCH3 is 1. The number of hydrogen-bond acceptors (Lipinski definition) is 3. The Hall–Kier alpha value is -0.610. The molecule has 0 aliphatic heterocycles. The van der Waals surface area contributed by atoms with Gasteiger partial charge in [-0.2, -0.15) is 0 Å². The highest BCUT2D eigenvalue weighted by atomic mass is 16.5. The van der Waals surface area contributed by atoms with E-state index < -0.39 is 5.97 Å². The molecule has 0 saturated heterocycles. The van der Waals surface area contributed by atoms with Gasteiger partial charge in [0.15, 0.2) is 0 Å². The van der Waals surface area contributed by atoms with E-state index in [1.165, 1.54) is 6.42 Å². The van der Waals surface area contributed by atoms with Crippen molar-refractivity contribution in [2.24, 2.45) is 5.92 Å². The summed E-state index contributed by atoms with van der Waals surface area (Å²) in [6.45, 7) is 3.70. The Bertz CT molecular complexity index is 208. The zero-order chi connectivity index (χ0) is 11.3. The average molecular weight is 215 g/mol. The van der Waals surface area contributed by atoms with Crippen molar-refractivity contribution >= 4 is 5.97 Å². The molecule has 0 aromatic carbocycles. The van der Waals surface area contributed by atoms with Crippen molar-refractivity contribution in [1.29, 1.82) is 0 Å². The number of ether oxygens (including phenoxy) is 1. The number of carboxylic acid groups (broad SMARTS) is 1. The van der Waals surface area contributed by atoms with Crippen LogP contribution in [-0.4, -0.2) is 48.8 Å². The molecule has 1 rings (SSSR count). The molecular formula is C11H21NO3. The first-order valence-corrected chi connectivity index (χ1v) is 5.58. The number of carbonyl (C=O) groups is 1. The minimum absolute atomic E-state index is 0.140. The first kappa shape index (κ1) is 12.5. The van der Waals surface area contributed by atoms with E-state index in [0.717, 1.165) is 25.3 Å². The number of rotatable bonds is 6. The van der Waals surface area contributed by atoms with Gasteiger partial charge in [-0.15, -0.1) is 0 Å². The number of carboxylic acids is 1. The summed E-state index contributed by atoms with van der Waals surface area (Å²) in [5.74, 6) is -0.0144. The minimum Gasteiger partial charge on any atom is -0.480 e. The minimum atomic E-state index is -0.745. The monoisotopic (exact) mass is 215 g/mol. The first-order chi connectivity index (χ1) is 7.13. The van der Waals surface area contributed by atoms with Gasteiger partial charge in [-0.25, -0.2) is 0 Å². The number of hydrogen-bond donors (Lipinski definition) is 1. The number of nitrogens with zero attached hydrogens (tertiary/aromatic N) is 1. The molecule has 2 atom stereocenters. The molecule has 88 valence electrons. The van der Waals surface area contributed by atoms with E-state index in [-0.39, 0.29) is 6.54 Å². The lowest BCUT2D eigenvalue weighted by Crippen LogP contribution is -2.39. The highest BCUT2D eigenvalue weighted by molar-refractivity contribution is 5.69. The van der Waals surface area contributed by atoms with Gasteiger partial charge in [-0.05, 0) is 25.2 Å². The Balaban J connectivity index is 2.43. The second-order valence-electron chi connectivity index (χ2n) is 4.43. The smallest absolute Gasteiger partial charge is 0.317 e. The Kier molecular flexibility index (Phi) is 5.05. The van der Waals surface area contributed by atoms with Crippen LogP contribution in [0.15, 0.2) is 0 Å². The van der Waals surface area contributed by atoms with Gasteiger partial charge in [0.05, 0.1) is 13.2 Å². The van der Waals surface area contributed by atoms with Gasteiger partial charge in [0.1, 0.15) is 0 Å². The van der Waals surface area contributed by atoms with Crippen LogP contribution >= 0.6 is 0 Å². The summed E-state index contributed by atoms with van der Waals surface area (Å²) >= 11 is 0. The molecule has 0 bridgehead atoms. The van der Waals surface area contributed by atoms with E-state index >= 15 is 0 Å².